The van der Waals surface area contributed by atoms with Crippen LogP contribution in [0.5, 0.6) is 0 Å². The summed E-state index contributed by atoms with van der Waals surface area (Å²) in [6, 6.07) is 0. The summed E-state index contributed by atoms with van der Waals surface area (Å²) in [7, 11) is 3.54. The molecule has 1 aliphatic carbocycles. The van der Waals surface area contributed by atoms with Gasteiger partial charge in [-0.1, -0.05) is 6.08 Å². The van der Waals surface area contributed by atoms with Crippen molar-refractivity contribution in [2.45, 2.75) is 32.8 Å². The summed E-state index contributed by atoms with van der Waals surface area (Å²) in [5.41, 5.74) is 0.422. The van der Waals surface area contributed by atoms with Crippen LogP contribution >= 0.6 is 0 Å². The molecule has 0 radical (unpaired) electrons. The highest BCUT2D eigenvalue weighted by Crippen LogP contribution is 2.37. The number of rotatable bonds is 1. The maximum Gasteiger partial charge on any atom is 0.410 e. The summed E-state index contributed by atoms with van der Waals surface area (Å²) in [6.07, 6.45) is 2.55. The average molecular weight is 280 g/mol. The van der Waals surface area contributed by atoms with E-state index in [-0.39, 0.29) is 12.0 Å². The van der Waals surface area contributed by atoms with Gasteiger partial charge < -0.3 is 14.5 Å². The lowest BCUT2D eigenvalue weighted by atomic mass is 10.00. The van der Waals surface area contributed by atoms with Gasteiger partial charge in [-0.15, -0.1) is 0 Å². The molecule has 0 aromatic heterocycles. The summed E-state index contributed by atoms with van der Waals surface area (Å²) in [4.78, 5) is 27.3. The number of likely N-dealkylation sites (tertiary alicyclic amines) is 1. The van der Waals surface area contributed by atoms with Crippen molar-refractivity contribution in [3.63, 3.8) is 0 Å². The van der Waals surface area contributed by atoms with E-state index in [1.807, 2.05) is 26.8 Å². The predicted octanol–water partition coefficient (Wildman–Crippen LogP) is 1.89. The Balaban J connectivity index is 1.96. The lowest BCUT2D eigenvalue weighted by molar-refractivity contribution is -0.124. The predicted molar refractivity (Wildman–Crippen MR) is 76.2 cm³/mol. The van der Waals surface area contributed by atoms with Crippen molar-refractivity contribution in [3.8, 4) is 0 Å². The normalized spacial score (nSPS) is 25.2. The van der Waals surface area contributed by atoms with E-state index in [4.69, 9.17) is 4.74 Å². The number of ether oxygens (including phenoxy) is 1. The van der Waals surface area contributed by atoms with Gasteiger partial charge in [0.15, 0.2) is 0 Å². The van der Waals surface area contributed by atoms with Gasteiger partial charge in [0, 0.05) is 38.7 Å². The summed E-state index contributed by atoms with van der Waals surface area (Å²) in [5, 5.41) is 0. The van der Waals surface area contributed by atoms with E-state index >= 15 is 0 Å². The smallest absolute Gasteiger partial charge is 0.410 e. The molecule has 0 N–H and O–H groups in total. The molecule has 2 rings (SSSR count). The Morgan fingerprint density at radius 1 is 1.30 bits per heavy atom. The molecule has 1 fully saturated rings. The molecule has 20 heavy (non-hydrogen) atoms. The fourth-order valence-electron chi connectivity index (χ4n) is 2.83. The molecule has 2 unspecified atom stereocenters. The van der Waals surface area contributed by atoms with Crippen molar-refractivity contribution in [2.24, 2.45) is 11.8 Å². The second kappa shape index (κ2) is 5.11. The lowest BCUT2D eigenvalue weighted by Crippen LogP contribution is -2.36. The van der Waals surface area contributed by atoms with Crippen molar-refractivity contribution < 1.29 is 14.3 Å². The second-order valence-electron chi connectivity index (χ2n) is 6.90. The molecule has 2 amide bonds. The minimum Gasteiger partial charge on any atom is -0.444 e. The first-order chi connectivity index (χ1) is 9.17. The van der Waals surface area contributed by atoms with Crippen LogP contribution in [0.3, 0.4) is 0 Å². The minimum atomic E-state index is -0.462. The standard InChI is InChI=1S/C15H24N2O3/c1-15(2,3)20-14(19)17-8-11-6-10(7-12(11)9-17)13(18)16(4)5/h6,11-12H,7-9H2,1-5H3. The first-order valence-corrected chi connectivity index (χ1v) is 7.07. The maximum absolute atomic E-state index is 12.0. The van der Waals surface area contributed by atoms with Gasteiger partial charge in [0.1, 0.15) is 5.60 Å². The highest BCUT2D eigenvalue weighted by atomic mass is 16.6. The Hall–Kier alpha value is -1.52. The van der Waals surface area contributed by atoms with Crippen LogP contribution in [0.25, 0.3) is 0 Å². The van der Waals surface area contributed by atoms with E-state index < -0.39 is 5.60 Å². The Morgan fingerprint density at radius 3 is 2.45 bits per heavy atom. The first kappa shape index (κ1) is 14.9. The van der Waals surface area contributed by atoms with E-state index in [0.717, 1.165) is 12.0 Å². The zero-order valence-corrected chi connectivity index (χ0v) is 13.0. The highest BCUT2D eigenvalue weighted by Gasteiger charge is 2.41. The van der Waals surface area contributed by atoms with Gasteiger partial charge in [0.2, 0.25) is 5.91 Å². The third-order valence-electron chi connectivity index (χ3n) is 3.72. The molecule has 0 spiro atoms. The highest BCUT2D eigenvalue weighted by molar-refractivity contribution is 5.93. The Morgan fingerprint density at radius 2 is 1.95 bits per heavy atom. The van der Waals surface area contributed by atoms with Crippen LogP contribution in [0.2, 0.25) is 0 Å². The molecule has 2 atom stereocenters. The number of fused-ring (bicyclic) bond motifs is 1. The second-order valence-corrected chi connectivity index (χ2v) is 6.90. The number of hydrogen-bond donors (Lipinski definition) is 0. The van der Waals surface area contributed by atoms with Gasteiger partial charge in [-0.25, -0.2) is 4.79 Å². The van der Waals surface area contributed by atoms with Gasteiger partial charge in [0.25, 0.3) is 0 Å². The zero-order valence-electron chi connectivity index (χ0n) is 13.0. The van der Waals surface area contributed by atoms with E-state index in [2.05, 4.69) is 0 Å². The molecule has 112 valence electrons. The molecule has 0 bridgehead atoms. The number of likely N-dealkylation sites (N-methyl/N-ethyl adjacent to an activating group) is 1. The van der Waals surface area contributed by atoms with Crippen LogP contribution in [0.4, 0.5) is 4.79 Å². The van der Waals surface area contributed by atoms with Crippen LogP contribution in [-0.4, -0.2) is 54.6 Å². The van der Waals surface area contributed by atoms with Crippen molar-refractivity contribution in [2.75, 3.05) is 27.2 Å². The van der Waals surface area contributed by atoms with E-state index in [1.54, 1.807) is 23.9 Å². The van der Waals surface area contributed by atoms with Crippen molar-refractivity contribution in [3.05, 3.63) is 11.6 Å². The van der Waals surface area contributed by atoms with E-state index in [0.29, 0.717) is 24.9 Å². The average Bonchev–Trinajstić information content (AvgIpc) is 2.82. The van der Waals surface area contributed by atoms with Crippen molar-refractivity contribution in [1.82, 2.24) is 9.80 Å². The van der Waals surface area contributed by atoms with Gasteiger partial charge >= 0.3 is 6.09 Å². The molecular formula is C15H24N2O3. The molecule has 1 aliphatic heterocycles. The third-order valence-corrected chi connectivity index (χ3v) is 3.72. The van der Waals surface area contributed by atoms with Crippen molar-refractivity contribution in [1.29, 1.82) is 0 Å². The van der Waals surface area contributed by atoms with Crippen LogP contribution in [0.1, 0.15) is 27.2 Å². The maximum atomic E-state index is 12.0. The number of amides is 2. The Labute approximate surface area is 120 Å². The molecule has 0 aromatic carbocycles. The van der Waals surface area contributed by atoms with Crippen LogP contribution < -0.4 is 0 Å². The molecule has 2 aliphatic rings. The molecular weight excluding hydrogens is 256 g/mol. The third kappa shape index (κ3) is 3.14. The molecule has 1 saturated heterocycles. The van der Waals surface area contributed by atoms with Gasteiger partial charge in [-0.05, 0) is 33.1 Å². The fraction of sp³-hybridized carbons (Fsp3) is 0.733. The minimum absolute atomic E-state index is 0.0863. The zero-order chi connectivity index (χ0) is 15.1. The van der Waals surface area contributed by atoms with Crippen LogP contribution in [-0.2, 0) is 9.53 Å². The number of carbonyl (C=O) groups is 2. The Kier molecular flexibility index (Phi) is 3.80. The van der Waals surface area contributed by atoms with Crippen LogP contribution in [0, 0.1) is 11.8 Å². The number of carbonyl (C=O) groups excluding carboxylic acids is 2. The molecule has 5 nitrogen and oxygen atoms in total. The van der Waals surface area contributed by atoms with Gasteiger partial charge in [-0.2, -0.15) is 0 Å². The summed E-state index contributed by atoms with van der Waals surface area (Å²) >= 11 is 0. The monoisotopic (exact) mass is 280 g/mol. The van der Waals surface area contributed by atoms with Gasteiger partial charge in [0.05, 0.1) is 0 Å². The summed E-state index contributed by atoms with van der Waals surface area (Å²) < 4.78 is 5.39. The number of hydrogen-bond acceptors (Lipinski definition) is 3. The number of nitrogens with zero attached hydrogens (tertiary/aromatic N) is 2. The Bertz CT molecular complexity index is 449. The first-order valence-electron chi connectivity index (χ1n) is 7.07. The lowest BCUT2D eigenvalue weighted by Gasteiger charge is -2.24. The molecule has 0 aromatic rings. The SMILES string of the molecule is CN(C)C(=O)C1=CC2CN(C(=O)OC(C)(C)C)CC2C1. The molecule has 1 heterocycles. The van der Waals surface area contributed by atoms with E-state index in [1.165, 1.54) is 0 Å². The molecule has 0 saturated carbocycles. The quantitative estimate of drug-likeness (QED) is 0.737. The molecule has 5 heteroatoms. The van der Waals surface area contributed by atoms with Gasteiger partial charge in [-0.3, -0.25) is 4.79 Å². The summed E-state index contributed by atoms with van der Waals surface area (Å²) in [6.45, 7) is 6.95. The van der Waals surface area contributed by atoms with E-state index in [9.17, 15) is 9.59 Å². The fourth-order valence-corrected chi connectivity index (χ4v) is 2.83. The van der Waals surface area contributed by atoms with Crippen LogP contribution in [0.15, 0.2) is 11.6 Å². The largest absolute Gasteiger partial charge is 0.444 e. The summed E-state index contributed by atoms with van der Waals surface area (Å²) in [5.74, 6) is 0.742. The van der Waals surface area contributed by atoms with Crippen molar-refractivity contribution >= 4 is 12.0 Å². The topological polar surface area (TPSA) is 49.9 Å².